The van der Waals surface area contributed by atoms with Crippen LogP contribution in [0.3, 0.4) is 0 Å². The molecule has 1 aromatic rings. The van der Waals surface area contributed by atoms with E-state index < -0.39 is 0 Å². The van der Waals surface area contributed by atoms with Gasteiger partial charge in [0.25, 0.3) is 0 Å². The maximum absolute atomic E-state index is 11.7. The first-order valence-electron chi connectivity index (χ1n) is 6.13. The fraction of sp³-hybridized carbons (Fsp3) is 0.615. The predicted molar refractivity (Wildman–Crippen MR) is 60.0 cm³/mol. The van der Waals surface area contributed by atoms with Crippen molar-refractivity contribution in [3.05, 3.63) is 24.2 Å². The van der Waals surface area contributed by atoms with Gasteiger partial charge in [0.1, 0.15) is 0 Å². The van der Waals surface area contributed by atoms with Crippen molar-refractivity contribution >= 4 is 5.91 Å². The van der Waals surface area contributed by atoms with Crippen LogP contribution in [0.5, 0.6) is 0 Å². The Morgan fingerprint density at radius 1 is 1.31 bits per heavy atom. The number of rotatable bonds is 1. The molecule has 86 valence electrons. The number of furan rings is 1. The number of nitrogens with one attached hydrogen (secondary N) is 1. The second-order valence-electron chi connectivity index (χ2n) is 5.08. The Balaban J connectivity index is 1.93. The summed E-state index contributed by atoms with van der Waals surface area (Å²) in [5, 5.41) is 3.23. The second-order valence-corrected chi connectivity index (χ2v) is 5.08. The van der Waals surface area contributed by atoms with E-state index in [-0.39, 0.29) is 11.4 Å². The highest BCUT2D eigenvalue weighted by Gasteiger charge is 2.47. The van der Waals surface area contributed by atoms with Gasteiger partial charge in [-0.1, -0.05) is 19.3 Å². The summed E-state index contributed by atoms with van der Waals surface area (Å²) in [6.07, 6.45) is 10.1. The van der Waals surface area contributed by atoms with Gasteiger partial charge < -0.3 is 9.73 Å². The minimum absolute atomic E-state index is 0.0270. The molecule has 16 heavy (non-hydrogen) atoms. The lowest BCUT2D eigenvalue weighted by atomic mass is 9.72. The Morgan fingerprint density at radius 3 is 2.81 bits per heavy atom. The molecule has 1 spiro atoms. The van der Waals surface area contributed by atoms with Crippen LogP contribution in [0.15, 0.2) is 23.0 Å². The highest BCUT2D eigenvalue weighted by molar-refractivity contribution is 5.81. The second kappa shape index (κ2) is 3.65. The smallest absolute Gasteiger partial charge is 0.221 e. The Morgan fingerprint density at radius 2 is 2.12 bits per heavy atom. The van der Waals surface area contributed by atoms with E-state index in [4.69, 9.17) is 4.42 Å². The van der Waals surface area contributed by atoms with Crippen LogP contribution in [0.4, 0.5) is 0 Å². The zero-order chi connectivity index (χ0) is 11.0. The summed E-state index contributed by atoms with van der Waals surface area (Å²) < 4.78 is 5.16. The van der Waals surface area contributed by atoms with Crippen LogP contribution in [0, 0.1) is 0 Å². The lowest BCUT2D eigenvalue weighted by Crippen LogP contribution is -2.46. The zero-order valence-electron chi connectivity index (χ0n) is 9.37. The van der Waals surface area contributed by atoms with Crippen LogP contribution < -0.4 is 5.32 Å². The Bertz CT molecular complexity index is 377. The summed E-state index contributed by atoms with van der Waals surface area (Å²) in [5.74, 6) is 0.521. The third-order valence-corrected chi connectivity index (χ3v) is 4.14. The normalized spacial score (nSPS) is 28.2. The van der Waals surface area contributed by atoms with Crippen molar-refractivity contribution in [2.24, 2.45) is 0 Å². The Kier molecular flexibility index (Phi) is 2.27. The largest absolute Gasteiger partial charge is 0.472 e. The van der Waals surface area contributed by atoms with Crippen molar-refractivity contribution in [2.45, 2.75) is 50.0 Å². The molecule has 1 aliphatic carbocycles. The van der Waals surface area contributed by atoms with Crippen molar-refractivity contribution < 1.29 is 9.21 Å². The van der Waals surface area contributed by atoms with Crippen molar-refractivity contribution in [3.8, 4) is 0 Å². The molecule has 1 aliphatic heterocycles. The summed E-state index contributed by atoms with van der Waals surface area (Å²) >= 11 is 0. The highest BCUT2D eigenvalue weighted by Crippen LogP contribution is 2.45. The first-order valence-corrected chi connectivity index (χ1v) is 6.13. The maximum atomic E-state index is 11.7. The van der Waals surface area contributed by atoms with E-state index >= 15 is 0 Å². The average molecular weight is 219 g/mol. The van der Waals surface area contributed by atoms with Gasteiger partial charge in [0, 0.05) is 17.9 Å². The van der Waals surface area contributed by atoms with E-state index in [1.165, 1.54) is 24.8 Å². The summed E-state index contributed by atoms with van der Waals surface area (Å²) in [6, 6.07) is 2.00. The molecule has 0 aromatic carbocycles. The van der Waals surface area contributed by atoms with Gasteiger partial charge >= 0.3 is 0 Å². The lowest BCUT2D eigenvalue weighted by molar-refractivity contribution is -0.120. The molecule has 1 N–H and O–H groups in total. The number of carbonyl (C=O) groups is 1. The van der Waals surface area contributed by atoms with E-state index in [0.29, 0.717) is 12.3 Å². The van der Waals surface area contributed by atoms with Crippen LogP contribution in [0.25, 0.3) is 0 Å². The average Bonchev–Trinajstić information content (AvgIpc) is 2.88. The molecule has 1 amide bonds. The minimum Gasteiger partial charge on any atom is -0.472 e. The Hall–Kier alpha value is -1.25. The van der Waals surface area contributed by atoms with Crippen molar-refractivity contribution in [3.63, 3.8) is 0 Å². The highest BCUT2D eigenvalue weighted by atomic mass is 16.3. The van der Waals surface area contributed by atoms with Gasteiger partial charge in [0.05, 0.1) is 12.5 Å². The van der Waals surface area contributed by atoms with Gasteiger partial charge in [-0.15, -0.1) is 0 Å². The molecular weight excluding hydrogens is 202 g/mol. The molecule has 3 nitrogen and oxygen atoms in total. The molecule has 3 heteroatoms. The molecule has 0 bridgehead atoms. The number of carbonyl (C=O) groups excluding carboxylic acids is 1. The predicted octanol–water partition coefficient (Wildman–Crippen LogP) is 2.59. The van der Waals surface area contributed by atoms with E-state index in [0.717, 1.165) is 12.8 Å². The third kappa shape index (κ3) is 1.46. The molecule has 0 radical (unpaired) electrons. The standard InChI is InChI=1S/C13H17NO2/c15-12-8-11(10-4-7-16-9-10)13(14-12)5-2-1-3-6-13/h4,7,9,11H,1-3,5-6,8H2,(H,14,15). The minimum atomic E-state index is 0.0270. The summed E-state index contributed by atoms with van der Waals surface area (Å²) in [5.41, 5.74) is 1.21. The Labute approximate surface area is 95.2 Å². The van der Waals surface area contributed by atoms with E-state index in [1.54, 1.807) is 12.5 Å². The van der Waals surface area contributed by atoms with Gasteiger partial charge in [-0.25, -0.2) is 0 Å². The zero-order valence-corrected chi connectivity index (χ0v) is 9.37. The van der Waals surface area contributed by atoms with Crippen molar-refractivity contribution in [1.29, 1.82) is 0 Å². The van der Waals surface area contributed by atoms with Crippen LogP contribution in [0.1, 0.15) is 50.0 Å². The number of hydrogen-bond donors (Lipinski definition) is 1. The number of hydrogen-bond acceptors (Lipinski definition) is 2. The van der Waals surface area contributed by atoms with Crippen LogP contribution in [0.2, 0.25) is 0 Å². The van der Waals surface area contributed by atoms with Gasteiger partial charge in [0.2, 0.25) is 5.91 Å². The number of amides is 1. The van der Waals surface area contributed by atoms with Crippen LogP contribution >= 0.6 is 0 Å². The molecule has 2 aliphatic rings. The van der Waals surface area contributed by atoms with E-state index in [2.05, 4.69) is 5.32 Å². The van der Waals surface area contributed by atoms with Gasteiger partial charge in [-0.3, -0.25) is 4.79 Å². The molecule has 2 fully saturated rings. The van der Waals surface area contributed by atoms with Crippen molar-refractivity contribution in [2.75, 3.05) is 0 Å². The molecule has 1 saturated heterocycles. The summed E-state index contributed by atoms with van der Waals surface area (Å²) in [4.78, 5) is 11.7. The molecule has 1 unspecified atom stereocenters. The molecular formula is C13H17NO2. The molecule has 2 heterocycles. The lowest BCUT2D eigenvalue weighted by Gasteiger charge is -2.38. The quantitative estimate of drug-likeness (QED) is 0.788. The van der Waals surface area contributed by atoms with Crippen LogP contribution in [-0.2, 0) is 4.79 Å². The topological polar surface area (TPSA) is 42.2 Å². The third-order valence-electron chi connectivity index (χ3n) is 4.14. The molecule has 1 saturated carbocycles. The SMILES string of the molecule is O=C1CC(c2ccoc2)C2(CCCCC2)N1. The van der Waals surface area contributed by atoms with Gasteiger partial charge in [-0.05, 0) is 24.5 Å². The summed E-state index contributed by atoms with van der Waals surface area (Å²) in [6.45, 7) is 0. The van der Waals surface area contributed by atoms with E-state index in [9.17, 15) is 4.79 Å². The van der Waals surface area contributed by atoms with Crippen molar-refractivity contribution in [1.82, 2.24) is 5.32 Å². The molecule has 1 aromatic heterocycles. The first-order chi connectivity index (χ1) is 7.80. The molecule has 3 rings (SSSR count). The fourth-order valence-electron chi connectivity index (χ4n) is 3.36. The summed E-state index contributed by atoms with van der Waals surface area (Å²) in [7, 11) is 0. The monoisotopic (exact) mass is 219 g/mol. The first kappa shape index (κ1) is 9.94. The van der Waals surface area contributed by atoms with Crippen LogP contribution in [-0.4, -0.2) is 11.4 Å². The maximum Gasteiger partial charge on any atom is 0.221 e. The molecule has 1 atom stereocenters. The van der Waals surface area contributed by atoms with Gasteiger partial charge in [-0.2, -0.15) is 0 Å². The van der Waals surface area contributed by atoms with Gasteiger partial charge in [0.15, 0.2) is 0 Å². The fourth-order valence-corrected chi connectivity index (χ4v) is 3.36. The van der Waals surface area contributed by atoms with E-state index in [1.807, 2.05) is 6.07 Å².